The first-order valence-electron chi connectivity index (χ1n) is 22.1. The van der Waals surface area contributed by atoms with E-state index in [1.54, 1.807) is 0 Å². The molecule has 0 spiro atoms. The number of carbonyl (C=O) groups excluding carboxylic acids is 3. The van der Waals surface area contributed by atoms with Gasteiger partial charge < -0.3 is 14.2 Å². The summed E-state index contributed by atoms with van der Waals surface area (Å²) in [5, 5.41) is 0. The Labute approximate surface area is 317 Å². The van der Waals surface area contributed by atoms with E-state index in [1.807, 2.05) is 0 Å². The first-order valence-corrected chi connectivity index (χ1v) is 22.1. The number of esters is 3. The predicted molar refractivity (Wildman–Crippen MR) is 215 cm³/mol. The van der Waals surface area contributed by atoms with E-state index in [1.165, 1.54) is 116 Å². The molecule has 0 amide bonds. The van der Waals surface area contributed by atoms with Gasteiger partial charge in [-0.05, 0) is 37.0 Å². The SMILES string of the molecule is CC(C)CCCCCCCCCCCCCCC(=O)OC[C@@H](COC(=O)CCCCCCCCC(C)C)OC(=O)CCCCCCCCC(C)C. The van der Waals surface area contributed by atoms with Gasteiger partial charge in [0.15, 0.2) is 6.10 Å². The van der Waals surface area contributed by atoms with Crippen molar-refractivity contribution in [3.8, 4) is 0 Å². The van der Waals surface area contributed by atoms with Gasteiger partial charge in [0.05, 0.1) is 0 Å². The molecule has 6 heteroatoms. The van der Waals surface area contributed by atoms with Crippen LogP contribution < -0.4 is 0 Å². The number of unbranched alkanes of at least 4 members (excludes halogenated alkanes) is 21. The molecule has 0 radical (unpaired) electrons. The highest BCUT2D eigenvalue weighted by Crippen LogP contribution is 2.16. The van der Waals surface area contributed by atoms with E-state index in [0.29, 0.717) is 19.3 Å². The number of ether oxygens (including phenoxy) is 3. The van der Waals surface area contributed by atoms with Gasteiger partial charge in [0.25, 0.3) is 0 Å². The van der Waals surface area contributed by atoms with E-state index in [-0.39, 0.29) is 31.1 Å². The van der Waals surface area contributed by atoms with E-state index in [2.05, 4.69) is 41.5 Å². The summed E-state index contributed by atoms with van der Waals surface area (Å²) in [6.45, 7) is 13.5. The van der Waals surface area contributed by atoms with E-state index >= 15 is 0 Å². The topological polar surface area (TPSA) is 78.9 Å². The fourth-order valence-corrected chi connectivity index (χ4v) is 6.52. The van der Waals surface area contributed by atoms with Crippen LogP contribution in [0.4, 0.5) is 0 Å². The van der Waals surface area contributed by atoms with Crippen molar-refractivity contribution in [2.24, 2.45) is 17.8 Å². The second-order valence-corrected chi connectivity index (χ2v) is 16.8. The van der Waals surface area contributed by atoms with Gasteiger partial charge in [-0.25, -0.2) is 0 Å². The van der Waals surface area contributed by atoms with Crippen molar-refractivity contribution in [3.05, 3.63) is 0 Å². The molecule has 0 saturated heterocycles. The Balaban J connectivity index is 4.28. The van der Waals surface area contributed by atoms with Gasteiger partial charge >= 0.3 is 17.9 Å². The molecule has 6 nitrogen and oxygen atoms in total. The molecule has 1 atom stereocenters. The summed E-state index contributed by atoms with van der Waals surface area (Å²) < 4.78 is 16.7. The van der Waals surface area contributed by atoms with Crippen molar-refractivity contribution in [3.63, 3.8) is 0 Å². The normalized spacial score (nSPS) is 12.2. The maximum atomic E-state index is 12.6. The summed E-state index contributed by atoms with van der Waals surface area (Å²) in [5.41, 5.74) is 0. The van der Waals surface area contributed by atoms with Crippen LogP contribution in [0.15, 0.2) is 0 Å². The molecule has 0 aromatic heterocycles. The number of hydrogen-bond acceptors (Lipinski definition) is 6. The summed E-state index contributed by atoms with van der Waals surface area (Å²) in [4.78, 5) is 37.6. The number of carbonyl (C=O) groups is 3. The van der Waals surface area contributed by atoms with Gasteiger partial charge in [-0.3, -0.25) is 14.4 Å². The van der Waals surface area contributed by atoms with Crippen molar-refractivity contribution in [2.45, 2.75) is 240 Å². The largest absolute Gasteiger partial charge is 0.462 e. The molecule has 0 fully saturated rings. The second kappa shape index (κ2) is 36.8. The number of hydrogen-bond donors (Lipinski definition) is 0. The molecule has 0 aliphatic carbocycles. The minimum atomic E-state index is -0.762. The van der Waals surface area contributed by atoms with Crippen molar-refractivity contribution in [1.29, 1.82) is 0 Å². The molecule has 0 aromatic rings. The van der Waals surface area contributed by atoms with E-state index in [9.17, 15) is 14.4 Å². The van der Waals surface area contributed by atoms with Crippen LogP contribution in [-0.2, 0) is 28.6 Å². The lowest BCUT2D eigenvalue weighted by Crippen LogP contribution is -2.30. The van der Waals surface area contributed by atoms with Crippen LogP contribution in [0.1, 0.15) is 234 Å². The maximum absolute atomic E-state index is 12.6. The van der Waals surface area contributed by atoms with Crippen molar-refractivity contribution < 1.29 is 28.6 Å². The molecule has 0 N–H and O–H groups in total. The molecule has 0 aliphatic rings. The van der Waals surface area contributed by atoms with Gasteiger partial charge in [-0.2, -0.15) is 0 Å². The lowest BCUT2D eigenvalue weighted by Gasteiger charge is -2.18. The van der Waals surface area contributed by atoms with Crippen molar-refractivity contribution in [2.75, 3.05) is 13.2 Å². The molecule has 0 heterocycles. The van der Waals surface area contributed by atoms with Crippen LogP contribution in [0.2, 0.25) is 0 Å². The number of rotatable bonds is 38. The fourth-order valence-electron chi connectivity index (χ4n) is 6.52. The highest BCUT2D eigenvalue weighted by molar-refractivity contribution is 5.71. The van der Waals surface area contributed by atoms with Crippen molar-refractivity contribution in [1.82, 2.24) is 0 Å². The lowest BCUT2D eigenvalue weighted by molar-refractivity contribution is -0.167. The Hall–Kier alpha value is -1.59. The van der Waals surface area contributed by atoms with E-state index < -0.39 is 6.10 Å². The minimum absolute atomic E-state index is 0.0677. The molecule has 0 aromatic carbocycles. The minimum Gasteiger partial charge on any atom is -0.462 e. The fraction of sp³-hybridized carbons (Fsp3) is 0.933. The smallest absolute Gasteiger partial charge is 0.306 e. The molecule has 0 unspecified atom stereocenters. The van der Waals surface area contributed by atoms with Gasteiger partial charge in [-0.15, -0.1) is 0 Å². The highest BCUT2D eigenvalue weighted by Gasteiger charge is 2.19. The zero-order chi connectivity index (χ0) is 37.8. The molecule has 0 rings (SSSR count). The van der Waals surface area contributed by atoms with Gasteiger partial charge in [0, 0.05) is 19.3 Å². The van der Waals surface area contributed by atoms with Gasteiger partial charge in [0.2, 0.25) is 0 Å². The average molecular weight is 723 g/mol. The Morgan fingerprint density at radius 2 is 0.569 bits per heavy atom. The van der Waals surface area contributed by atoms with Gasteiger partial charge in [0.1, 0.15) is 13.2 Å². The third-order valence-corrected chi connectivity index (χ3v) is 9.90. The lowest BCUT2D eigenvalue weighted by atomic mass is 10.0. The molecule has 0 saturated carbocycles. The Morgan fingerprint density at radius 1 is 0.333 bits per heavy atom. The third-order valence-electron chi connectivity index (χ3n) is 9.90. The quantitative estimate of drug-likeness (QED) is 0.0359. The molecule has 51 heavy (non-hydrogen) atoms. The zero-order valence-corrected chi connectivity index (χ0v) is 34.9. The molecular formula is C45H86O6. The van der Waals surface area contributed by atoms with Crippen LogP contribution in [-0.4, -0.2) is 37.2 Å². The standard InChI is InChI=1S/C45H86O6/c1-39(2)31-25-19-13-11-9-7-8-10-12-14-22-28-34-43(46)49-37-42(51-45(48)36-30-24-18-16-21-27-33-41(5)6)38-50-44(47)35-29-23-17-15-20-26-32-40(3)4/h39-42H,7-38H2,1-6H3/t42-/m0/s1. The Morgan fingerprint density at radius 3 is 0.843 bits per heavy atom. The predicted octanol–water partition coefficient (Wildman–Crippen LogP) is 13.7. The van der Waals surface area contributed by atoms with Crippen LogP contribution >= 0.6 is 0 Å². The van der Waals surface area contributed by atoms with Crippen LogP contribution in [0.3, 0.4) is 0 Å². The summed E-state index contributed by atoms with van der Waals surface area (Å²) >= 11 is 0. The van der Waals surface area contributed by atoms with E-state index in [0.717, 1.165) is 75.5 Å². The van der Waals surface area contributed by atoms with E-state index in [4.69, 9.17) is 14.2 Å². The molecular weight excluding hydrogens is 636 g/mol. The summed E-state index contributed by atoms with van der Waals surface area (Å²) in [7, 11) is 0. The van der Waals surface area contributed by atoms with Crippen LogP contribution in [0.25, 0.3) is 0 Å². The monoisotopic (exact) mass is 723 g/mol. The highest BCUT2D eigenvalue weighted by atomic mass is 16.6. The third kappa shape index (κ3) is 39.5. The van der Waals surface area contributed by atoms with Crippen LogP contribution in [0, 0.1) is 17.8 Å². The van der Waals surface area contributed by atoms with Crippen LogP contribution in [0.5, 0.6) is 0 Å². The Bertz CT molecular complexity index is 792. The molecule has 0 bridgehead atoms. The summed E-state index contributed by atoms with van der Waals surface area (Å²) in [5.74, 6) is 1.48. The summed E-state index contributed by atoms with van der Waals surface area (Å²) in [6.07, 6.45) is 32.6. The first kappa shape index (κ1) is 49.4. The van der Waals surface area contributed by atoms with Crippen molar-refractivity contribution >= 4 is 17.9 Å². The first-order chi connectivity index (χ1) is 24.6. The second-order valence-electron chi connectivity index (χ2n) is 16.8. The molecule has 302 valence electrons. The Kier molecular flexibility index (Phi) is 35.6. The summed E-state index contributed by atoms with van der Waals surface area (Å²) in [6, 6.07) is 0. The average Bonchev–Trinajstić information content (AvgIpc) is 3.08. The zero-order valence-electron chi connectivity index (χ0n) is 34.9. The molecule has 0 aliphatic heterocycles. The maximum Gasteiger partial charge on any atom is 0.306 e. The van der Waals surface area contributed by atoms with Gasteiger partial charge in [-0.1, -0.05) is 196 Å².